The number of aromatic hydroxyl groups is 2. The highest BCUT2D eigenvalue weighted by atomic mass is 127. The van der Waals surface area contributed by atoms with E-state index < -0.39 is 0 Å². The van der Waals surface area contributed by atoms with E-state index in [1.54, 1.807) is 6.07 Å². The Morgan fingerprint density at radius 3 is 2.25 bits per heavy atom. The van der Waals surface area contributed by atoms with Crippen molar-refractivity contribution in [3.8, 4) is 11.5 Å². The van der Waals surface area contributed by atoms with E-state index in [1.807, 2.05) is 22.6 Å². The number of hydrogen-bond donors (Lipinski definition) is 2. The summed E-state index contributed by atoms with van der Waals surface area (Å²) in [4.78, 5) is 0. The molecular weight excluding hydrogens is 382 g/mol. The number of benzene rings is 1. The van der Waals surface area contributed by atoms with Crippen molar-refractivity contribution in [3.63, 3.8) is 0 Å². The van der Waals surface area contributed by atoms with Crippen molar-refractivity contribution in [3.05, 3.63) is 25.3 Å². The van der Waals surface area contributed by atoms with Crippen molar-refractivity contribution in [1.29, 1.82) is 0 Å². The maximum absolute atomic E-state index is 9.43. The van der Waals surface area contributed by atoms with Gasteiger partial charge in [-0.2, -0.15) is 0 Å². The molecule has 0 amide bonds. The summed E-state index contributed by atoms with van der Waals surface area (Å²) in [6.07, 6.45) is 1.52. The molecule has 0 aromatic heterocycles. The molecule has 1 aromatic rings. The first-order valence-corrected chi connectivity index (χ1v) is 5.26. The van der Waals surface area contributed by atoms with E-state index in [0.29, 0.717) is 9.13 Å². The van der Waals surface area contributed by atoms with Gasteiger partial charge in [-0.3, -0.25) is 0 Å². The van der Waals surface area contributed by atoms with Crippen LogP contribution in [0.25, 0.3) is 6.08 Å². The summed E-state index contributed by atoms with van der Waals surface area (Å²) < 4.78 is 1.52. The summed E-state index contributed by atoms with van der Waals surface area (Å²) in [7, 11) is 0. The molecule has 4 heteroatoms. The summed E-state index contributed by atoms with van der Waals surface area (Å²) in [5.41, 5.74) is 0.577. The summed E-state index contributed by atoms with van der Waals surface area (Å²) in [6.45, 7) is 3.55. The maximum Gasteiger partial charge on any atom is 0.171 e. The first-order chi connectivity index (χ1) is 5.57. The van der Waals surface area contributed by atoms with Crippen molar-refractivity contribution >= 4 is 51.3 Å². The lowest BCUT2D eigenvalue weighted by Gasteiger charge is -2.06. The smallest absolute Gasteiger partial charge is 0.171 e. The lowest BCUT2D eigenvalue weighted by Crippen LogP contribution is -1.85. The molecule has 0 bridgehead atoms. The maximum atomic E-state index is 9.43. The van der Waals surface area contributed by atoms with Crippen LogP contribution in [0.5, 0.6) is 11.5 Å². The SMILES string of the molecule is C=Cc1c(I)cc(I)c(O)c1O. The van der Waals surface area contributed by atoms with Crippen LogP contribution < -0.4 is 0 Å². The molecule has 0 saturated heterocycles. The second-order valence-corrected chi connectivity index (χ2v) is 4.48. The fourth-order valence-corrected chi connectivity index (χ4v) is 2.76. The van der Waals surface area contributed by atoms with E-state index in [0.717, 1.165) is 3.57 Å². The standard InChI is InChI=1S/C8H6I2O2/c1-2-4-5(9)3-6(10)8(12)7(4)11/h2-3,11-12H,1H2. The lowest BCUT2D eigenvalue weighted by atomic mass is 10.2. The van der Waals surface area contributed by atoms with Crippen LogP contribution in [0.1, 0.15) is 5.56 Å². The Morgan fingerprint density at radius 1 is 1.17 bits per heavy atom. The van der Waals surface area contributed by atoms with E-state index in [1.165, 1.54) is 6.08 Å². The zero-order valence-electron chi connectivity index (χ0n) is 6.01. The van der Waals surface area contributed by atoms with Gasteiger partial charge in [-0.05, 0) is 51.2 Å². The van der Waals surface area contributed by atoms with E-state index >= 15 is 0 Å². The van der Waals surface area contributed by atoms with Gasteiger partial charge in [-0.1, -0.05) is 12.7 Å². The molecule has 0 fully saturated rings. The predicted octanol–water partition coefficient (Wildman–Crippen LogP) is 2.95. The molecule has 0 aliphatic heterocycles. The number of rotatable bonds is 1. The Balaban J connectivity index is 3.51. The Morgan fingerprint density at radius 2 is 1.75 bits per heavy atom. The third-order valence-electron chi connectivity index (χ3n) is 1.42. The van der Waals surface area contributed by atoms with Gasteiger partial charge in [0.15, 0.2) is 11.5 Å². The highest BCUT2D eigenvalue weighted by Gasteiger charge is 2.11. The lowest BCUT2D eigenvalue weighted by molar-refractivity contribution is 0.400. The Kier molecular flexibility index (Phi) is 3.22. The first-order valence-electron chi connectivity index (χ1n) is 3.10. The van der Waals surface area contributed by atoms with Crippen LogP contribution in [0.15, 0.2) is 12.6 Å². The molecule has 0 aliphatic rings. The minimum absolute atomic E-state index is 0.0779. The van der Waals surface area contributed by atoms with Crippen molar-refractivity contribution in [2.45, 2.75) is 0 Å². The number of halogens is 2. The van der Waals surface area contributed by atoms with Gasteiger partial charge in [0.25, 0.3) is 0 Å². The highest BCUT2D eigenvalue weighted by molar-refractivity contribution is 14.1. The van der Waals surface area contributed by atoms with E-state index in [2.05, 4.69) is 29.2 Å². The minimum Gasteiger partial charge on any atom is -0.504 e. The Hall–Kier alpha value is 0.0200. The first kappa shape index (κ1) is 10.1. The number of phenols is 2. The molecule has 2 N–H and O–H groups in total. The zero-order chi connectivity index (χ0) is 9.30. The summed E-state index contributed by atoms with van der Waals surface area (Å²) in [5.74, 6) is -0.174. The third-order valence-corrected chi connectivity index (χ3v) is 3.14. The molecule has 0 heterocycles. The van der Waals surface area contributed by atoms with Crippen LogP contribution >= 0.6 is 45.2 Å². The average molecular weight is 388 g/mol. The van der Waals surface area contributed by atoms with Crippen LogP contribution in [0, 0.1) is 7.14 Å². The van der Waals surface area contributed by atoms with Gasteiger partial charge in [0.05, 0.1) is 3.57 Å². The summed E-state index contributed by atoms with van der Waals surface area (Å²) >= 11 is 4.04. The zero-order valence-corrected chi connectivity index (χ0v) is 10.3. The molecule has 0 radical (unpaired) electrons. The van der Waals surface area contributed by atoms with E-state index in [9.17, 15) is 10.2 Å². The molecule has 1 rings (SSSR count). The topological polar surface area (TPSA) is 40.5 Å². The summed E-state index contributed by atoms with van der Waals surface area (Å²) in [5, 5.41) is 18.8. The van der Waals surface area contributed by atoms with Crippen molar-refractivity contribution in [2.75, 3.05) is 0 Å². The molecule has 0 saturated carbocycles. The van der Waals surface area contributed by atoms with Gasteiger partial charge in [-0.15, -0.1) is 0 Å². The van der Waals surface area contributed by atoms with Gasteiger partial charge in [0.1, 0.15) is 0 Å². The molecule has 2 nitrogen and oxygen atoms in total. The Labute approximate surface area is 97.6 Å². The monoisotopic (exact) mass is 388 g/mol. The van der Waals surface area contributed by atoms with Crippen LogP contribution in [-0.2, 0) is 0 Å². The highest BCUT2D eigenvalue weighted by Crippen LogP contribution is 2.37. The molecule has 12 heavy (non-hydrogen) atoms. The second kappa shape index (κ2) is 3.82. The number of hydrogen-bond acceptors (Lipinski definition) is 2. The quantitative estimate of drug-likeness (QED) is 0.574. The largest absolute Gasteiger partial charge is 0.504 e. The fourth-order valence-electron chi connectivity index (χ4n) is 0.805. The van der Waals surface area contributed by atoms with Gasteiger partial charge in [-0.25, -0.2) is 0 Å². The minimum atomic E-state index is -0.0960. The van der Waals surface area contributed by atoms with Crippen LogP contribution in [0.2, 0.25) is 0 Å². The van der Waals surface area contributed by atoms with Crippen molar-refractivity contribution < 1.29 is 10.2 Å². The van der Waals surface area contributed by atoms with Gasteiger partial charge >= 0.3 is 0 Å². The molecule has 0 aliphatic carbocycles. The molecule has 0 spiro atoms. The van der Waals surface area contributed by atoms with Gasteiger partial charge < -0.3 is 10.2 Å². The molecular formula is C8H6I2O2. The number of phenolic OH excluding ortho intramolecular Hbond substituents is 2. The summed E-state index contributed by atoms with van der Waals surface area (Å²) in [6, 6.07) is 1.78. The van der Waals surface area contributed by atoms with Crippen molar-refractivity contribution in [1.82, 2.24) is 0 Å². The Bertz CT molecular complexity index is 334. The van der Waals surface area contributed by atoms with Gasteiger partial charge in [0.2, 0.25) is 0 Å². The van der Waals surface area contributed by atoms with Crippen LogP contribution in [0.3, 0.4) is 0 Å². The fraction of sp³-hybridized carbons (Fsp3) is 0. The predicted molar refractivity (Wildman–Crippen MR) is 65.3 cm³/mol. The van der Waals surface area contributed by atoms with Crippen LogP contribution in [0.4, 0.5) is 0 Å². The average Bonchev–Trinajstić information content (AvgIpc) is 2.01. The molecule has 0 unspecified atom stereocenters. The molecule has 0 atom stereocenters. The third kappa shape index (κ3) is 1.68. The second-order valence-electron chi connectivity index (χ2n) is 2.16. The molecule has 1 aromatic carbocycles. The van der Waals surface area contributed by atoms with Crippen molar-refractivity contribution in [2.24, 2.45) is 0 Å². The molecule has 64 valence electrons. The normalized spacial score (nSPS) is 9.83. The van der Waals surface area contributed by atoms with Crippen LogP contribution in [-0.4, -0.2) is 10.2 Å². The van der Waals surface area contributed by atoms with E-state index in [4.69, 9.17) is 0 Å². The van der Waals surface area contributed by atoms with E-state index in [-0.39, 0.29) is 11.5 Å². The van der Waals surface area contributed by atoms with Gasteiger partial charge in [0, 0.05) is 9.13 Å².